The fourth-order valence-electron chi connectivity index (χ4n) is 2.31. The van der Waals surface area contributed by atoms with Crippen LogP contribution in [0.25, 0.3) is 0 Å². The number of rotatable bonds is 10. The maximum absolute atomic E-state index is 11.8. The molecule has 7 heteroatoms. The second kappa shape index (κ2) is 10.7. The number of hydrogen-bond donors (Lipinski definition) is 1. The van der Waals surface area contributed by atoms with Gasteiger partial charge in [0.05, 0.1) is 7.11 Å². The number of amides is 1. The SMILES string of the molecule is CCC(=O)c1ccc(OCC(=O)OCC(=O)NCc2cccc(OC)c2)cc1. The van der Waals surface area contributed by atoms with Crippen molar-refractivity contribution < 1.29 is 28.6 Å². The minimum atomic E-state index is -0.662. The Balaban J connectivity index is 1.68. The maximum atomic E-state index is 11.8. The first-order valence-corrected chi connectivity index (χ1v) is 8.83. The average molecular weight is 385 g/mol. The first-order chi connectivity index (χ1) is 13.5. The summed E-state index contributed by atoms with van der Waals surface area (Å²) in [6, 6.07) is 13.8. The molecule has 0 spiro atoms. The molecule has 0 aliphatic carbocycles. The Hall–Kier alpha value is -3.35. The molecule has 28 heavy (non-hydrogen) atoms. The summed E-state index contributed by atoms with van der Waals surface area (Å²) in [6.45, 7) is 1.36. The van der Waals surface area contributed by atoms with Crippen LogP contribution in [0.4, 0.5) is 0 Å². The standard InChI is InChI=1S/C21H23NO6/c1-3-19(23)16-7-9-17(10-8-16)27-14-21(25)28-13-20(24)22-12-15-5-4-6-18(11-15)26-2/h4-11H,3,12-14H2,1-2H3,(H,22,24). The third-order valence-corrected chi connectivity index (χ3v) is 3.84. The van der Waals surface area contributed by atoms with E-state index in [2.05, 4.69) is 5.32 Å². The summed E-state index contributed by atoms with van der Waals surface area (Å²) in [5.74, 6) is 0.0873. The van der Waals surface area contributed by atoms with Gasteiger partial charge < -0.3 is 19.5 Å². The van der Waals surface area contributed by atoms with Gasteiger partial charge in [0, 0.05) is 18.5 Å². The molecule has 0 heterocycles. The molecule has 0 bridgehead atoms. The zero-order valence-corrected chi connectivity index (χ0v) is 15.9. The van der Waals surface area contributed by atoms with E-state index < -0.39 is 18.5 Å². The van der Waals surface area contributed by atoms with Crippen molar-refractivity contribution in [3.63, 3.8) is 0 Å². The minimum Gasteiger partial charge on any atom is -0.497 e. The molecular formula is C21H23NO6. The fourth-order valence-corrected chi connectivity index (χ4v) is 2.31. The molecule has 0 radical (unpaired) electrons. The molecule has 2 aromatic carbocycles. The van der Waals surface area contributed by atoms with Gasteiger partial charge in [-0.25, -0.2) is 4.79 Å². The predicted molar refractivity (Wildman–Crippen MR) is 102 cm³/mol. The van der Waals surface area contributed by atoms with E-state index in [-0.39, 0.29) is 12.4 Å². The highest BCUT2D eigenvalue weighted by Crippen LogP contribution is 2.14. The Labute approximate surface area is 163 Å². The maximum Gasteiger partial charge on any atom is 0.344 e. The smallest absolute Gasteiger partial charge is 0.344 e. The zero-order valence-electron chi connectivity index (χ0n) is 15.9. The van der Waals surface area contributed by atoms with Crippen molar-refractivity contribution >= 4 is 17.7 Å². The quantitative estimate of drug-likeness (QED) is 0.499. The van der Waals surface area contributed by atoms with E-state index in [1.165, 1.54) is 0 Å². The molecule has 148 valence electrons. The van der Waals surface area contributed by atoms with Crippen molar-refractivity contribution in [2.45, 2.75) is 19.9 Å². The monoisotopic (exact) mass is 385 g/mol. The highest BCUT2D eigenvalue weighted by atomic mass is 16.6. The van der Waals surface area contributed by atoms with Crippen LogP contribution in [0.3, 0.4) is 0 Å². The van der Waals surface area contributed by atoms with Crippen LogP contribution in [0.5, 0.6) is 11.5 Å². The molecule has 0 aliphatic rings. The summed E-state index contributed by atoms with van der Waals surface area (Å²) in [6.07, 6.45) is 0.423. The number of carbonyl (C=O) groups is 3. The van der Waals surface area contributed by atoms with E-state index in [9.17, 15) is 14.4 Å². The lowest BCUT2D eigenvalue weighted by Crippen LogP contribution is -2.29. The number of methoxy groups -OCH3 is 1. The van der Waals surface area contributed by atoms with Crippen LogP contribution in [0.1, 0.15) is 29.3 Å². The van der Waals surface area contributed by atoms with Crippen LogP contribution in [-0.2, 0) is 20.9 Å². The minimum absolute atomic E-state index is 0.0333. The van der Waals surface area contributed by atoms with Crippen LogP contribution in [-0.4, -0.2) is 38.0 Å². The summed E-state index contributed by atoms with van der Waals surface area (Å²) in [7, 11) is 1.57. The second-order valence-corrected chi connectivity index (χ2v) is 5.88. The molecule has 0 saturated heterocycles. The summed E-state index contributed by atoms with van der Waals surface area (Å²) in [5, 5.41) is 2.66. The van der Waals surface area contributed by atoms with Crippen molar-refractivity contribution in [3.05, 3.63) is 59.7 Å². The zero-order chi connectivity index (χ0) is 20.4. The van der Waals surface area contributed by atoms with Crippen LogP contribution in [0.2, 0.25) is 0 Å². The van der Waals surface area contributed by atoms with Crippen LogP contribution in [0, 0.1) is 0 Å². The first kappa shape index (κ1) is 21.0. The molecule has 0 saturated carbocycles. The van der Waals surface area contributed by atoms with Crippen molar-refractivity contribution in [1.82, 2.24) is 5.32 Å². The lowest BCUT2D eigenvalue weighted by Gasteiger charge is -2.09. The number of Topliss-reactive ketones (excluding diaryl/α,β-unsaturated/α-hetero) is 1. The number of hydrogen-bond acceptors (Lipinski definition) is 6. The van der Waals surface area contributed by atoms with Gasteiger partial charge in [0.2, 0.25) is 0 Å². The van der Waals surface area contributed by atoms with Gasteiger partial charge in [-0.05, 0) is 42.0 Å². The fraction of sp³-hybridized carbons (Fsp3) is 0.286. The van der Waals surface area contributed by atoms with E-state index >= 15 is 0 Å². The molecule has 7 nitrogen and oxygen atoms in total. The lowest BCUT2D eigenvalue weighted by atomic mass is 10.1. The van der Waals surface area contributed by atoms with Gasteiger partial charge in [-0.2, -0.15) is 0 Å². The third kappa shape index (κ3) is 6.75. The van der Waals surface area contributed by atoms with Crippen LogP contribution in [0.15, 0.2) is 48.5 Å². The summed E-state index contributed by atoms with van der Waals surface area (Å²) in [5.41, 5.74) is 1.46. The number of esters is 1. The molecule has 1 amide bonds. The Morgan fingerprint density at radius 3 is 2.39 bits per heavy atom. The Bertz CT molecular complexity index is 816. The van der Waals surface area contributed by atoms with Crippen molar-refractivity contribution in [2.75, 3.05) is 20.3 Å². The first-order valence-electron chi connectivity index (χ1n) is 8.83. The topological polar surface area (TPSA) is 90.9 Å². The molecule has 0 aliphatic heterocycles. The Morgan fingerprint density at radius 1 is 0.964 bits per heavy atom. The van der Waals surface area contributed by atoms with Crippen molar-refractivity contribution in [1.29, 1.82) is 0 Å². The number of benzene rings is 2. The van der Waals surface area contributed by atoms with E-state index in [0.29, 0.717) is 30.0 Å². The van der Waals surface area contributed by atoms with E-state index in [4.69, 9.17) is 14.2 Å². The van der Waals surface area contributed by atoms with E-state index in [1.807, 2.05) is 18.2 Å². The number of nitrogens with one attached hydrogen (secondary N) is 1. The summed E-state index contributed by atoms with van der Waals surface area (Å²) < 4.78 is 15.3. The van der Waals surface area contributed by atoms with Gasteiger partial charge in [0.1, 0.15) is 11.5 Å². The summed E-state index contributed by atoms with van der Waals surface area (Å²) in [4.78, 5) is 35.0. The Morgan fingerprint density at radius 2 is 1.71 bits per heavy atom. The van der Waals surface area contributed by atoms with Crippen molar-refractivity contribution in [3.8, 4) is 11.5 Å². The number of ketones is 1. The molecule has 0 unspecified atom stereocenters. The largest absolute Gasteiger partial charge is 0.497 e. The van der Waals surface area contributed by atoms with Gasteiger partial charge >= 0.3 is 5.97 Å². The van der Waals surface area contributed by atoms with Crippen LogP contribution >= 0.6 is 0 Å². The Kier molecular flexibility index (Phi) is 8.02. The van der Waals surface area contributed by atoms with Gasteiger partial charge in [-0.15, -0.1) is 0 Å². The van der Waals surface area contributed by atoms with Gasteiger partial charge in [0.15, 0.2) is 19.0 Å². The van der Waals surface area contributed by atoms with Crippen molar-refractivity contribution in [2.24, 2.45) is 0 Å². The van der Waals surface area contributed by atoms with Crippen LogP contribution < -0.4 is 14.8 Å². The van der Waals surface area contributed by atoms with Gasteiger partial charge in [0.25, 0.3) is 5.91 Å². The average Bonchev–Trinajstić information content (AvgIpc) is 2.74. The molecule has 2 rings (SSSR count). The number of carbonyl (C=O) groups excluding carboxylic acids is 3. The highest BCUT2D eigenvalue weighted by molar-refractivity contribution is 5.95. The van der Waals surface area contributed by atoms with Gasteiger partial charge in [-0.3, -0.25) is 9.59 Å². The normalized spacial score (nSPS) is 10.1. The van der Waals surface area contributed by atoms with Gasteiger partial charge in [-0.1, -0.05) is 19.1 Å². The molecule has 2 aromatic rings. The lowest BCUT2D eigenvalue weighted by molar-refractivity contribution is -0.150. The van der Waals surface area contributed by atoms with E-state index in [0.717, 1.165) is 5.56 Å². The number of ether oxygens (including phenoxy) is 3. The molecule has 0 aromatic heterocycles. The predicted octanol–water partition coefficient (Wildman–Crippen LogP) is 2.53. The third-order valence-electron chi connectivity index (χ3n) is 3.84. The second-order valence-electron chi connectivity index (χ2n) is 5.88. The summed E-state index contributed by atoms with van der Waals surface area (Å²) >= 11 is 0. The molecule has 1 N–H and O–H groups in total. The molecule has 0 fully saturated rings. The highest BCUT2D eigenvalue weighted by Gasteiger charge is 2.09. The molecular weight excluding hydrogens is 362 g/mol. The van der Waals surface area contributed by atoms with E-state index in [1.54, 1.807) is 44.4 Å². The molecule has 0 atom stereocenters.